The number of ether oxygens (including phenoxy) is 1. The van der Waals surface area contributed by atoms with Crippen LogP contribution >= 0.6 is 12.4 Å². The summed E-state index contributed by atoms with van der Waals surface area (Å²) in [6, 6.07) is 3.87. The van der Waals surface area contributed by atoms with E-state index in [-0.39, 0.29) is 42.3 Å². The maximum atomic E-state index is 12.8. The lowest BCUT2D eigenvalue weighted by Gasteiger charge is -2.27. The number of fused-ring (bicyclic) bond motifs is 1. The van der Waals surface area contributed by atoms with Crippen LogP contribution in [0.25, 0.3) is 0 Å². The molecule has 0 aliphatic carbocycles. The molecule has 9 heteroatoms. The first-order chi connectivity index (χ1) is 13.0. The number of hydrogen-bond donors (Lipinski definition) is 2. The molecule has 8 nitrogen and oxygen atoms in total. The normalized spacial score (nSPS) is 22.6. The van der Waals surface area contributed by atoms with Crippen molar-refractivity contribution in [1.29, 1.82) is 0 Å². The van der Waals surface area contributed by atoms with E-state index < -0.39 is 23.8 Å². The molecular weight excluding hydrogens is 386 g/mol. The number of imide groups is 2. The third-order valence-electron chi connectivity index (χ3n) is 5.36. The quantitative estimate of drug-likeness (QED) is 0.718. The van der Waals surface area contributed by atoms with Crippen LogP contribution in [-0.2, 0) is 9.59 Å². The summed E-state index contributed by atoms with van der Waals surface area (Å²) in [7, 11) is 0. The van der Waals surface area contributed by atoms with Gasteiger partial charge in [-0.1, -0.05) is 0 Å². The maximum absolute atomic E-state index is 12.8. The van der Waals surface area contributed by atoms with Crippen LogP contribution in [0.2, 0.25) is 0 Å². The predicted octanol–water partition coefficient (Wildman–Crippen LogP) is 0.888. The zero-order valence-electron chi connectivity index (χ0n) is 15.2. The van der Waals surface area contributed by atoms with Gasteiger partial charge in [-0.2, -0.15) is 0 Å². The fourth-order valence-corrected chi connectivity index (χ4v) is 3.80. The van der Waals surface area contributed by atoms with Crippen LogP contribution in [0.15, 0.2) is 18.2 Å². The van der Waals surface area contributed by atoms with E-state index in [9.17, 15) is 19.2 Å². The first-order valence-electron chi connectivity index (χ1n) is 9.24. The van der Waals surface area contributed by atoms with Gasteiger partial charge < -0.3 is 10.1 Å². The number of rotatable bonds is 4. The van der Waals surface area contributed by atoms with Crippen LogP contribution in [-0.4, -0.2) is 54.3 Å². The average molecular weight is 408 g/mol. The van der Waals surface area contributed by atoms with Gasteiger partial charge in [0.1, 0.15) is 11.8 Å². The Hall–Kier alpha value is -2.45. The first kappa shape index (κ1) is 20.3. The van der Waals surface area contributed by atoms with E-state index in [0.717, 1.165) is 30.8 Å². The van der Waals surface area contributed by atoms with Gasteiger partial charge in [0.25, 0.3) is 11.8 Å². The number of carbonyl (C=O) groups excluding carboxylic acids is 4. The fraction of sp³-hybridized carbons (Fsp3) is 0.474. The molecule has 3 aliphatic heterocycles. The molecule has 1 atom stereocenters. The molecule has 4 rings (SSSR count). The maximum Gasteiger partial charge on any atom is 0.262 e. The first-order valence-corrected chi connectivity index (χ1v) is 9.24. The second kappa shape index (κ2) is 8.28. The molecule has 1 aromatic carbocycles. The summed E-state index contributed by atoms with van der Waals surface area (Å²) in [5.41, 5.74) is 0.506. The van der Waals surface area contributed by atoms with Gasteiger partial charge >= 0.3 is 0 Å². The van der Waals surface area contributed by atoms with Gasteiger partial charge in [-0.05, 0) is 56.5 Å². The van der Waals surface area contributed by atoms with E-state index in [1.54, 1.807) is 18.2 Å². The van der Waals surface area contributed by atoms with Crippen molar-refractivity contribution in [2.24, 2.45) is 5.92 Å². The molecule has 3 heterocycles. The molecule has 0 spiro atoms. The summed E-state index contributed by atoms with van der Waals surface area (Å²) < 4.78 is 5.84. The largest absolute Gasteiger partial charge is 0.493 e. The van der Waals surface area contributed by atoms with Crippen molar-refractivity contribution in [1.82, 2.24) is 15.5 Å². The van der Waals surface area contributed by atoms with E-state index >= 15 is 0 Å². The molecule has 1 aromatic rings. The molecule has 3 aliphatic rings. The number of hydrogen-bond acceptors (Lipinski definition) is 6. The Labute approximate surface area is 168 Å². The standard InChI is InChI=1S/C19H21N3O5.ClH/c23-16-4-3-15(17(24)21-16)22-18(25)13-2-1-12(9-14(13)19(22)26)27-10-11-5-7-20-8-6-11;/h1-2,9,11,15,20H,3-8,10H2,(H,21,23,24);1H. The van der Waals surface area contributed by atoms with Gasteiger partial charge in [-0.3, -0.25) is 29.4 Å². The Bertz CT molecular complexity index is 822. The van der Waals surface area contributed by atoms with Crippen LogP contribution < -0.4 is 15.4 Å². The summed E-state index contributed by atoms with van der Waals surface area (Å²) >= 11 is 0. The monoisotopic (exact) mass is 407 g/mol. The molecule has 2 saturated heterocycles. The Kier molecular flexibility index (Phi) is 6.00. The van der Waals surface area contributed by atoms with Crippen molar-refractivity contribution in [2.45, 2.75) is 31.7 Å². The number of piperidine rings is 2. The second-order valence-electron chi connectivity index (χ2n) is 7.16. The van der Waals surface area contributed by atoms with Crippen LogP contribution in [0.1, 0.15) is 46.4 Å². The predicted molar refractivity (Wildman–Crippen MR) is 101 cm³/mol. The lowest BCUT2D eigenvalue weighted by atomic mass is 9.99. The number of nitrogens with one attached hydrogen (secondary N) is 2. The minimum Gasteiger partial charge on any atom is -0.493 e. The summed E-state index contributed by atoms with van der Waals surface area (Å²) in [5.74, 6) is -1.01. The number of benzene rings is 1. The van der Waals surface area contributed by atoms with Gasteiger partial charge in [-0.15, -0.1) is 12.4 Å². The van der Waals surface area contributed by atoms with Gasteiger partial charge in [0, 0.05) is 6.42 Å². The van der Waals surface area contributed by atoms with Crippen molar-refractivity contribution < 1.29 is 23.9 Å². The van der Waals surface area contributed by atoms with E-state index in [1.807, 2.05) is 0 Å². The highest BCUT2D eigenvalue weighted by atomic mass is 35.5. The van der Waals surface area contributed by atoms with E-state index in [2.05, 4.69) is 10.6 Å². The zero-order valence-corrected chi connectivity index (χ0v) is 16.0. The Morgan fingerprint density at radius 1 is 1.00 bits per heavy atom. The lowest BCUT2D eigenvalue weighted by Crippen LogP contribution is -2.54. The highest BCUT2D eigenvalue weighted by Gasteiger charge is 2.44. The number of carbonyl (C=O) groups is 4. The molecule has 0 aromatic heterocycles. The Morgan fingerprint density at radius 2 is 1.71 bits per heavy atom. The van der Waals surface area contributed by atoms with Crippen molar-refractivity contribution in [3.8, 4) is 5.75 Å². The fourth-order valence-electron chi connectivity index (χ4n) is 3.80. The summed E-state index contributed by atoms with van der Waals surface area (Å²) in [6.45, 7) is 2.53. The third-order valence-corrected chi connectivity index (χ3v) is 5.36. The van der Waals surface area contributed by atoms with Gasteiger partial charge in [0.15, 0.2) is 0 Å². The van der Waals surface area contributed by atoms with Crippen molar-refractivity contribution in [3.63, 3.8) is 0 Å². The highest BCUT2D eigenvalue weighted by Crippen LogP contribution is 2.30. The molecule has 4 amide bonds. The van der Waals surface area contributed by atoms with E-state index in [1.165, 1.54) is 0 Å². The molecule has 150 valence electrons. The number of amides is 4. The zero-order chi connectivity index (χ0) is 19.0. The van der Waals surface area contributed by atoms with Gasteiger partial charge in [0.2, 0.25) is 11.8 Å². The molecule has 1 unspecified atom stereocenters. The minimum atomic E-state index is -0.950. The number of nitrogens with zero attached hydrogens (tertiary/aromatic N) is 1. The Morgan fingerprint density at radius 3 is 2.43 bits per heavy atom. The summed E-state index contributed by atoms with van der Waals surface area (Å²) in [4.78, 5) is 49.8. The van der Waals surface area contributed by atoms with Crippen LogP contribution in [0.3, 0.4) is 0 Å². The highest BCUT2D eigenvalue weighted by molar-refractivity contribution is 6.23. The molecule has 0 saturated carbocycles. The number of halogens is 1. The topological polar surface area (TPSA) is 105 Å². The van der Waals surface area contributed by atoms with E-state index in [4.69, 9.17) is 4.74 Å². The Balaban J connectivity index is 0.00000225. The minimum absolute atomic E-state index is 0. The summed E-state index contributed by atoms with van der Waals surface area (Å²) in [6.07, 6.45) is 2.35. The van der Waals surface area contributed by atoms with Crippen molar-refractivity contribution in [3.05, 3.63) is 29.3 Å². The lowest BCUT2D eigenvalue weighted by molar-refractivity contribution is -0.136. The molecule has 0 radical (unpaired) electrons. The molecule has 2 N–H and O–H groups in total. The van der Waals surface area contributed by atoms with Crippen molar-refractivity contribution in [2.75, 3.05) is 19.7 Å². The summed E-state index contributed by atoms with van der Waals surface area (Å²) in [5, 5.41) is 5.49. The third kappa shape index (κ3) is 3.74. The van der Waals surface area contributed by atoms with Gasteiger partial charge in [-0.25, -0.2) is 0 Å². The van der Waals surface area contributed by atoms with Gasteiger partial charge in [0.05, 0.1) is 17.7 Å². The van der Waals surface area contributed by atoms with Crippen molar-refractivity contribution >= 4 is 36.0 Å². The smallest absolute Gasteiger partial charge is 0.262 e. The average Bonchev–Trinajstić information content (AvgIpc) is 2.92. The van der Waals surface area contributed by atoms with Crippen LogP contribution in [0, 0.1) is 5.92 Å². The SMILES string of the molecule is Cl.O=C1CCC(N2C(=O)c3ccc(OCC4CCNCC4)cc3C2=O)C(=O)N1. The second-order valence-corrected chi connectivity index (χ2v) is 7.16. The molecule has 28 heavy (non-hydrogen) atoms. The molecule has 0 bridgehead atoms. The molecular formula is C19H22ClN3O5. The molecule has 2 fully saturated rings. The van der Waals surface area contributed by atoms with Crippen LogP contribution in [0.5, 0.6) is 5.75 Å². The van der Waals surface area contributed by atoms with E-state index in [0.29, 0.717) is 18.3 Å². The van der Waals surface area contributed by atoms with Crippen LogP contribution in [0.4, 0.5) is 0 Å².